The fraction of sp³-hybridized carbons (Fsp3) is 0.292. The maximum absolute atomic E-state index is 13.2. The Morgan fingerprint density at radius 1 is 1.00 bits per heavy atom. The molecule has 4 rings (SSSR count). The highest BCUT2D eigenvalue weighted by Gasteiger charge is 2.31. The summed E-state index contributed by atoms with van der Waals surface area (Å²) >= 11 is 0. The van der Waals surface area contributed by atoms with Crippen LogP contribution < -0.4 is 20.3 Å². The van der Waals surface area contributed by atoms with Gasteiger partial charge in [0.25, 0.3) is 5.91 Å². The highest BCUT2D eigenvalue weighted by molar-refractivity contribution is 6.01. The van der Waals surface area contributed by atoms with Crippen molar-refractivity contribution in [1.29, 1.82) is 0 Å². The highest BCUT2D eigenvalue weighted by Crippen LogP contribution is 2.24. The van der Waals surface area contributed by atoms with E-state index < -0.39 is 18.1 Å². The zero-order valence-corrected chi connectivity index (χ0v) is 19.5. The molecular formula is C24H25F3N6O3. The van der Waals surface area contributed by atoms with E-state index in [1.54, 1.807) is 27.9 Å². The maximum atomic E-state index is 13.2. The molecule has 0 bridgehead atoms. The van der Waals surface area contributed by atoms with Crippen molar-refractivity contribution in [1.82, 2.24) is 14.5 Å². The molecule has 0 unspecified atom stereocenters. The normalized spacial score (nSPS) is 13.9. The fourth-order valence-corrected chi connectivity index (χ4v) is 3.89. The summed E-state index contributed by atoms with van der Waals surface area (Å²) < 4.78 is 42.4. The van der Waals surface area contributed by atoms with Crippen molar-refractivity contribution in [2.75, 3.05) is 41.7 Å². The number of amides is 3. The number of ether oxygens (including phenoxy) is 1. The van der Waals surface area contributed by atoms with E-state index >= 15 is 0 Å². The second kappa shape index (κ2) is 10.6. The molecule has 0 atom stereocenters. The number of nitrogens with zero attached hydrogens (tertiary/aromatic N) is 4. The molecule has 1 aliphatic rings. The minimum Gasteiger partial charge on any atom is -0.406 e. The zero-order chi connectivity index (χ0) is 25.7. The summed E-state index contributed by atoms with van der Waals surface area (Å²) in [6, 6.07) is 11.5. The Bertz CT molecular complexity index is 1190. The lowest BCUT2D eigenvalue weighted by Crippen LogP contribution is -2.49. The number of rotatable bonds is 6. The molecule has 1 fully saturated rings. The van der Waals surface area contributed by atoms with Crippen LogP contribution in [0, 0.1) is 0 Å². The smallest absolute Gasteiger partial charge is 0.406 e. The van der Waals surface area contributed by atoms with E-state index in [9.17, 15) is 22.8 Å². The van der Waals surface area contributed by atoms with Crippen molar-refractivity contribution >= 4 is 29.1 Å². The maximum Gasteiger partial charge on any atom is 0.573 e. The minimum absolute atomic E-state index is 0.133. The summed E-state index contributed by atoms with van der Waals surface area (Å²) in [5.41, 5.74) is 1.15. The van der Waals surface area contributed by atoms with E-state index in [1.165, 1.54) is 12.1 Å². The van der Waals surface area contributed by atoms with Crippen molar-refractivity contribution < 1.29 is 27.5 Å². The van der Waals surface area contributed by atoms with Crippen molar-refractivity contribution in [2.24, 2.45) is 0 Å². The number of hydrogen-bond acceptors (Lipinski definition) is 5. The topological polar surface area (TPSA) is 91.7 Å². The van der Waals surface area contributed by atoms with Gasteiger partial charge in [-0.05, 0) is 49.4 Å². The third kappa shape index (κ3) is 6.26. The largest absolute Gasteiger partial charge is 0.573 e. The summed E-state index contributed by atoms with van der Waals surface area (Å²) in [4.78, 5) is 33.8. The van der Waals surface area contributed by atoms with Gasteiger partial charge in [0.05, 0.1) is 5.69 Å². The molecule has 3 aromatic rings. The Hall–Kier alpha value is -4.22. The Balaban J connectivity index is 1.35. The van der Waals surface area contributed by atoms with E-state index in [1.807, 2.05) is 25.1 Å². The minimum atomic E-state index is -4.79. The number of urea groups is 1. The Kier molecular flexibility index (Phi) is 7.32. The number of nitrogens with one attached hydrogen (secondary N) is 2. The van der Waals surface area contributed by atoms with E-state index in [2.05, 4.69) is 25.3 Å². The van der Waals surface area contributed by atoms with Crippen LogP contribution in [0.3, 0.4) is 0 Å². The summed E-state index contributed by atoms with van der Waals surface area (Å²) in [6.45, 7) is 4.83. The van der Waals surface area contributed by atoms with Crippen LogP contribution in [0.5, 0.6) is 5.75 Å². The van der Waals surface area contributed by atoms with Gasteiger partial charge in [-0.1, -0.05) is 6.07 Å². The fourth-order valence-electron chi connectivity index (χ4n) is 3.89. The summed E-state index contributed by atoms with van der Waals surface area (Å²) in [6.07, 6.45) is -1.39. The molecule has 0 radical (unpaired) electrons. The van der Waals surface area contributed by atoms with Crippen molar-refractivity contribution in [3.8, 4) is 5.75 Å². The molecule has 36 heavy (non-hydrogen) atoms. The van der Waals surface area contributed by atoms with Gasteiger partial charge in [-0.15, -0.1) is 13.2 Å². The standard InChI is InChI=1S/C24H25F3N6O3/c1-2-31-16-18(30-23(35)29-17-6-8-19(9-7-17)36-24(25,26)27)15-20(31)22(34)33-13-11-32(12-14-33)21-5-3-4-10-28-21/h3-10,15-16H,2,11-14H2,1H3,(H2,29,30,35). The average molecular weight is 502 g/mol. The molecule has 0 spiro atoms. The van der Waals surface area contributed by atoms with E-state index in [0.717, 1.165) is 18.0 Å². The van der Waals surface area contributed by atoms with Crippen LogP contribution in [0.15, 0.2) is 60.9 Å². The Morgan fingerprint density at radius 2 is 1.69 bits per heavy atom. The number of hydrogen-bond donors (Lipinski definition) is 2. The van der Waals surface area contributed by atoms with Gasteiger partial charge >= 0.3 is 12.4 Å². The van der Waals surface area contributed by atoms with E-state index in [4.69, 9.17) is 0 Å². The lowest BCUT2D eigenvalue weighted by molar-refractivity contribution is -0.274. The summed E-state index contributed by atoms with van der Waals surface area (Å²) in [5.74, 6) is 0.352. The first-order valence-electron chi connectivity index (χ1n) is 11.3. The van der Waals surface area contributed by atoms with Gasteiger partial charge in [0.15, 0.2) is 0 Å². The molecule has 1 saturated heterocycles. The van der Waals surface area contributed by atoms with Gasteiger partial charge in [-0.3, -0.25) is 4.79 Å². The number of pyridine rings is 1. The lowest BCUT2D eigenvalue weighted by Gasteiger charge is -2.35. The first-order valence-corrected chi connectivity index (χ1v) is 11.3. The first-order chi connectivity index (χ1) is 17.2. The Morgan fingerprint density at radius 3 is 2.31 bits per heavy atom. The third-order valence-electron chi connectivity index (χ3n) is 5.60. The molecule has 12 heteroatoms. The SMILES string of the molecule is CCn1cc(NC(=O)Nc2ccc(OC(F)(F)F)cc2)cc1C(=O)N1CCN(c2ccccn2)CC1. The van der Waals surface area contributed by atoms with Gasteiger partial charge in [-0.2, -0.15) is 0 Å². The number of anilines is 3. The summed E-state index contributed by atoms with van der Waals surface area (Å²) in [7, 11) is 0. The average Bonchev–Trinajstić information content (AvgIpc) is 3.27. The van der Waals surface area contributed by atoms with Crippen LogP contribution in [0.25, 0.3) is 0 Å². The van der Waals surface area contributed by atoms with Crippen molar-refractivity contribution in [3.63, 3.8) is 0 Å². The van der Waals surface area contributed by atoms with Crippen LogP contribution in [0.1, 0.15) is 17.4 Å². The number of aromatic nitrogens is 2. The number of carbonyl (C=O) groups excluding carboxylic acids is 2. The number of piperazine rings is 1. The summed E-state index contributed by atoms with van der Waals surface area (Å²) in [5, 5.41) is 5.19. The first kappa shape index (κ1) is 24.9. The second-order valence-corrected chi connectivity index (χ2v) is 8.02. The van der Waals surface area contributed by atoms with Crippen molar-refractivity contribution in [2.45, 2.75) is 19.8 Å². The van der Waals surface area contributed by atoms with E-state index in [-0.39, 0.29) is 11.6 Å². The van der Waals surface area contributed by atoms with E-state index in [0.29, 0.717) is 44.1 Å². The predicted molar refractivity (Wildman–Crippen MR) is 128 cm³/mol. The molecule has 0 aliphatic carbocycles. The lowest BCUT2D eigenvalue weighted by atomic mass is 10.2. The number of aryl methyl sites for hydroxylation is 1. The number of carbonyl (C=O) groups is 2. The van der Waals surface area contributed by atoms with Crippen LogP contribution in [0.4, 0.5) is 35.2 Å². The van der Waals surface area contributed by atoms with Gasteiger partial charge in [0, 0.05) is 50.8 Å². The number of benzene rings is 1. The molecule has 2 aromatic heterocycles. The van der Waals surface area contributed by atoms with Crippen LogP contribution in [0.2, 0.25) is 0 Å². The molecule has 1 aliphatic heterocycles. The molecule has 3 amide bonds. The molecule has 3 heterocycles. The van der Waals surface area contributed by atoms with Crippen LogP contribution in [-0.2, 0) is 6.54 Å². The zero-order valence-electron chi connectivity index (χ0n) is 19.5. The molecule has 9 nitrogen and oxygen atoms in total. The van der Waals surface area contributed by atoms with Gasteiger partial charge < -0.3 is 29.7 Å². The third-order valence-corrected chi connectivity index (χ3v) is 5.60. The predicted octanol–water partition coefficient (Wildman–Crippen LogP) is 4.41. The number of halogens is 3. The van der Waals surface area contributed by atoms with Crippen LogP contribution >= 0.6 is 0 Å². The number of alkyl halides is 3. The Labute approximate surface area is 205 Å². The van der Waals surface area contributed by atoms with Gasteiger partial charge in [-0.25, -0.2) is 9.78 Å². The quantitative estimate of drug-likeness (QED) is 0.521. The molecule has 0 saturated carbocycles. The van der Waals surface area contributed by atoms with Gasteiger partial charge in [0.1, 0.15) is 17.3 Å². The molecule has 2 N–H and O–H groups in total. The highest BCUT2D eigenvalue weighted by atomic mass is 19.4. The molecular weight excluding hydrogens is 477 g/mol. The van der Waals surface area contributed by atoms with Crippen molar-refractivity contribution in [3.05, 3.63) is 66.6 Å². The van der Waals surface area contributed by atoms with Gasteiger partial charge in [0.2, 0.25) is 0 Å². The second-order valence-electron chi connectivity index (χ2n) is 8.02. The molecule has 1 aromatic carbocycles. The monoisotopic (exact) mass is 502 g/mol. The molecule has 190 valence electrons. The van der Waals surface area contributed by atoms with Crippen LogP contribution in [-0.4, -0.2) is 58.9 Å².